The second-order valence-corrected chi connectivity index (χ2v) is 6.00. The highest BCUT2D eigenvalue weighted by Crippen LogP contribution is 2.34. The Labute approximate surface area is 121 Å². The second-order valence-electron chi connectivity index (χ2n) is 5.11. The summed E-state index contributed by atoms with van der Waals surface area (Å²) < 4.78 is 0. The van der Waals surface area contributed by atoms with Crippen LogP contribution in [0.1, 0.15) is 54.6 Å². The number of carboxylic acids is 1. The number of nitrogens with two attached hydrogens (primary N) is 1. The van der Waals surface area contributed by atoms with Gasteiger partial charge in [0.15, 0.2) is 0 Å². The van der Waals surface area contributed by atoms with Crippen molar-refractivity contribution in [2.75, 3.05) is 6.54 Å². The predicted octanol–water partition coefficient (Wildman–Crippen LogP) is 1.63. The van der Waals surface area contributed by atoms with Crippen molar-refractivity contribution in [3.05, 3.63) is 16.1 Å². The molecule has 7 heteroatoms. The third-order valence-corrected chi connectivity index (χ3v) is 4.89. The number of carbonyl (C=O) groups is 2. The molecule has 0 aliphatic carbocycles. The number of hydrogen-bond donors (Lipinski definition) is 2. The summed E-state index contributed by atoms with van der Waals surface area (Å²) in [7, 11) is 0. The van der Waals surface area contributed by atoms with E-state index >= 15 is 0 Å². The van der Waals surface area contributed by atoms with E-state index in [1.807, 2.05) is 0 Å². The van der Waals surface area contributed by atoms with Crippen molar-refractivity contribution in [2.45, 2.75) is 44.7 Å². The number of thiazole rings is 1. The van der Waals surface area contributed by atoms with E-state index < -0.39 is 11.5 Å². The molecule has 110 valence electrons. The molecule has 1 aliphatic heterocycles. The van der Waals surface area contributed by atoms with Crippen LogP contribution in [0.2, 0.25) is 0 Å². The number of nitrogens with zero attached hydrogens (tertiary/aromatic N) is 2. The number of carbonyl (C=O) groups excluding carboxylic acids is 1. The zero-order valence-electron chi connectivity index (χ0n) is 11.6. The average Bonchev–Trinajstić information content (AvgIpc) is 3.05. The minimum absolute atomic E-state index is 0.226. The molecule has 2 unspecified atom stereocenters. The number of hydrogen-bond acceptors (Lipinski definition) is 5. The number of aliphatic carboxylic acids is 1. The topological polar surface area (TPSA) is 96.5 Å². The maximum atomic E-state index is 12.5. The first-order chi connectivity index (χ1) is 9.42. The van der Waals surface area contributed by atoms with Crippen LogP contribution in [0.15, 0.2) is 5.38 Å². The van der Waals surface area contributed by atoms with Crippen LogP contribution in [0.25, 0.3) is 0 Å². The van der Waals surface area contributed by atoms with E-state index in [4.69, 9.17) is 5.73 Å². The van der Waals surface area contributed by atoms with Crippen molar-refractivity contribution in [3.63, 3.8) is 0 Å². The highest BCUT2D eigenvalue weighted by Gasteiger charge is 2.49. The van der Waals surface area contributed by atoms with Crippen molar-refractivity contribution in [1.82, 2.24) is 9.88 Å². The Morgan fingerprint density at radius 3 is 2.85 bits per heavy atom. The summed E-state index contributed by atoms with van der Waals surface area (Å²) in [5.74, 6) is -1.25. The van der Waals surface area contributed by atoms with Crippen LogP contribution in [-0.4, -0.2) is 39.0 Å². The number of aromatic nitrogens is 1. The molecule has 1 aliphatic rings. The summed E-state index contributed by atoms with van der Waals surface area (Å²) in [5.41, 5.74) is 4.94. The van der Waals surface area contributed by atoms with Crippen molar-refractivity contribution >= 4 is 23.2 Å². The van der Waals surface area contributed by atoms with E-state index in [9.17, 15) is 14.7 Å². The molecule has 6 nitrogen and oxygen atoms in total. The van der Waals surface area contributed by atoms with Gasteiger partial charge < -0.3 is 15.7 Å². The van der Waals surface area contributed by atoms with Crippen molar-refractivity contribution in [2.24, 2.45) is 5.73 Å². The zero-order chi connectivity index (χ0) is 14.9. The van der Waals surface area contributed by atoms with E-state index in [1.165, 1.54) is 16.2 Å². The Bertz CT molecular complexity index is 529. The molecule has 2 rings (SSSR count). The van der Waals surface area contributed by atoms with Gasteiger partial charge in [-0.15, -0.1) is 11.3 Å². The molecular formula is C13H19N3O3S. The maximum absolute atomic E-state index is 12.5. The van der Waals surface area contributed by atoms with E-state index in [0.717, 1.165) is 0 Å². The summed E-state index contributed by atoms with van der Waals surface area (Å²) in [6, 6.07) is -0.226. The van der Waals surface area contributed by atoms with Crippen LogP contribution in [-0.2, 0) is 4.79 Å². The van der Waals surface area contributed by atoms with Crippen molar-refractivity contribution < 1.29 is 14.7 Å². The van der Waals surface area contributed by atoms with Crippen LogP contribution in [0.4, 0.5) is 0 Å². The molecule has 1 aromatic heterocycles. The van der Waals surface area contributed by atoms with Gasteiger partial charge in [-0.25, -0.2) is 9.78 Å². The minimum Gasteiger partial charge on any atom is -0.479 e. The Balaban J connectivity index is 2.29. The Morgan fingerprint density at radius 1 is 1.65 bits per heavy atom. The standard InChI is InChI=1S/C13H19N3O3S/c1-3-13(12(18)19)5-4-6-16(13)11(17)9-7-20-10(15-9)8(2)14/h7-8H,3-6,14H2,1-2H3,(H,18,19). The van der Waals surface area contributed by atoms with Crippen LogP contribution < -0.4 is 5.73 Å². The van der Waals surface area contributed by atoms with Gasteiger partial charge in [0.2, 0.25) is 0 Å². The summed E-state index contributed by atoms with van der Waals surface area (Å²) in [5, 5.41) is 11.8. The van der Waals surface area contributed by atoms with Gasteiger partial charge >= 0.3 is 5.97 Å². The maximum Gasteiger partial charge on any atom is 0.329 e. The second kappa shape index (κ2) is 5.49. The largest absolute Gasteiger partial charge is 0.479 e. The fourth-order valence-electron chi connectivity index (χ4n) is 2.65. The summed E-state index contributed by atoms with van der Waals surface area (Å²) in [6.07, 6.45) is 1.60. The number of likely N-dealkylation sites (tertiary alicyclic amines) is 1. The molecule has 0 aromatic carbocycles. The fraction of sp³-hybridized carbons (Fsp3) is 0.615. The molecule has 0 spiro atoms. The Hall–Kier alpha value is -1.47. The van der Waals surface area contributed by atoms with Crippen molar-refractivity contribution in [3.8, 4) is 0 Å². The number of carboxylic acid groups (broad SMARTS) is 1. The van der Waals surface area contributed by atoms with Crippen LogP contribution in [0.3, 0.4) is 0 Å². The Kier molecular flexibility index (Phi) is 4.10. The molecule has 0 bridgehead atoms. The molecule has 20 heavy (non-hydrogen) atoms. The van der Waals surface area contributed by atoms with Gasteiger partial charge in [-0.3, -0.25) is 4.79 Å². The predicted molar refractivity (Wildman–Crippen MR) is 75.6 cm³/mol. The van der Waals surface area contributed by atoms with Gasteiger partial charge in [-0.2, -0.15) is 0 Å². The van der Waals surface area contributed by atoms with Crippen LogP contribution >= 0.6 is 11.3 Å². The first kappa shape index (κ1) is 14.9. The lowest BCUT2D eigenvalue weighted by molar-refractivity contribution is -0.148. The summed E-state index contributed by atoms with van der Waals surface area (Å²) in [4.78, 5) is 29.8. The molecule has 1 aromatic rings. The number of rotatable bonds is 4. The molecule has 1 saturated heterocycles. The van der Waals surface area contributed by atoms with Crippen molar-refractivity contribution in [1.29, 1.82) is 0 Å². The van der Waals surface area contributed by atoms with Crippen LogP contribution in [0, 0.1) is 0 Å². The molecule has 2 heterocycles. The lowest BCUT2D eigenvalue weighted by Crippen LogP contribution is -2.52. The monoisotopic (exact) mass is 297 g/mol. The average molecular weight is 297 g/mol. The third kappa shape index (κ3) is 2.31. The fourth-order valence-corrected chi connectivity index (χ4v) is 3.40. The molecule has 0 radical (unpaired) electrons. The van der Waals surface area contributed by atoms with E-state index in [2.05, 4.69) is 4.98 Å². The van der Waals surface area contributed by atoms with Gasteiger partial charge in [-0.05, 0) is 26.2 Å². The quantitative estimate of drug-likeness (QED) is 0.880. The van der Waals surface area contributed by atoms with E-state index in [1.54, 1.807) is 19.2 Å². The summed E-state index contributed by atoms with van der Waals surface area (Å²) >= 11 is 1.33. The molecule has 1 amide bonds. The lowest BCUT2D eigenvalue weighted by Gasteiger charge is -2.33. The third-order valence-electron chi connectivity index (χ3n) is 3.85. The zero-order valence-corrected chi connectivity index (χ0v) is 12.4. The number of amides is 1. The molecular weight excluding hydrogens is 278 g/mol. The molecule has 0 saturated carbocycles. The SMILES string of the molecule is CCC1(C(=O)O)CCCN1C(=O)c1csc(C(C)N)n1. The van der Waals surface area contributed by atoms with Crippen LogP contribution in [0.5, 0.6) is 0 Å². The van der Waals surface area contributed by atoms with Gasteiger partial charge in [0, 0.05) is 11.9 Å². The van der Waals surface area contributed by atoms with Gasteiger partial charge in [0.05, 0.1) is 6.04 Å². The smallest absolute Gasteiger partial charge is 0.329 e. The van der Waals surface area contributed by atoms with E-state index in [0.29, 0.717) is 36.5 Å². The lowest BCUT2D eigenvalue weighted by atomic mass is 9.93. The summed E-state index contributed by atoms with van der Waals surface area (Å²) in [6.45, 7) is 4.06. The minimum atomic E-state index is -1.09. The molecule has 1 fully saturated rings. The van der Waals surface area contributed by atoms with E-state index in [-0.39, 0.29) is 11.9 Å². The first-order valence-corrected chi connectivity index (χ1v) is 7.56. The molecule has 3 N–H and O–H groups in total. The van der Waals surface area contributed by atoms with Gasteiger partial charge in [-0.1, -0.05) is 6.92 Å². The normalized spacial score (nSPS) is 23.9. The van der Waals surface area contributed by atoms with Gasteiger partial charge in [0.25, 0.3) is 5.91 Å². The molecule has 2 atom stereocenters. The highest BCUT2D eigenvalue weighted by molar-refractivity contribution is 7.09. The first-order valence-electron chi connectivity index (χ1n) is 6.68. The Morgan fingerprint density at radius 2 is 2.35 bits per heavy atom. The highest BCUT2D eigenvalue weighted by atomic mass is 32.1. The van der Waals surface area contributed by atoms with Gasteiger partial charge in [0.1, 0.15) is 16.2 Å².